The van der Waals surface area contributed by atoms with Gasteiger partial charge in [0.1, 0.15) is 0 Å². The zero-order valence-electron chi connectivity index (χ0n) is 9.81. The largest absolute Gasteiger partial charge is 0.316 e. The van der Waals surface area contributed by atoms with E-state index in [-0.39, 0.29) is 0 Å². The number of fused-ring (bicyclic) bond motifs is 1. The van der Waals surface area contributed by atoms with Crippen molar-refractivity contribution < 1.29 is 0 Å². The van der Waals surface area contributed by atoms with E-state index in [0.717, 1.165) is 19.0 Å². The minimum Gasteiger partial charge on any atom is -0.316 e. The quantitative estimate of drug-likeness (QED) is 0.812. The van der Waals surface area contributed by atoms with E-state index >= 15 is 0 Å². The summed E-state index contributed by atoms with van der Waals surface area (Å²) in [5.74, 6) is 0.772. The fraction of sp³-hybridized carbons (Fsp3) is 0.571. The Labute approximate surface area is 112 Å². The highest BCUT2D eigenvalue weighted by Crippen LogP contribution is 2.46. The molecule has 0 aromatic heterocycles. The predicted molar refractivity (Wildman–Crippen MR) is 73.0 cm³/mol. The van der Waals surface area contributed by atoms with E-state index in [2.05, 4.69) is 17.4 Å². The first-order valence-corrected chi connectivity index (χ1v) is 7.14. The topological polar surface area (TPSA) is 12.0 Å². The average molecular weight is 270 g/mol. The van der Waals surface area contributed by atoms with Crippen molar-refractivity contribution in [1.29, 1.82) is 0 Å². The second-order valence-electron chi connectivity index (χ2n) is 5.36. The van der Waals surface area contributed by atoms with Crippen molar-refractivity contribution in [2.75, 3.05) is 13.1 Å². The van der Waals surface area contributed by atoms with Crippen LogP contribution in [0.15, 0.2) is 18.2 Å². The van der Waals surface area contributed by atoms with Crippen LogP contribution in [0, 0.1) is 5.92 Å². The molecule has 1 nitrogen and oxygen atoms in total. The van der Waals surface area contributed by atoms with Gasteiger partial charge in [0.25, 0.3) is 0 Å². The molecule has 0 amide bonds. The van der Waals surface area contributed by atoms with Gasteiger partial charge in [-0.2, -0.15) is 0 Å². The molecule has 3 heteroatoms. The third kappa shape index (κ3) is 1.89. The third-order valence-electron chi connectivity index (χ3n) is 4.53. The van der Waals surface area contributed by atoms with Crippen LogP contribution in [0.25, 0.3) is 0 Å². The van der Waals surface area contributed by atoms with Gasteiger partial charge < -0.3 is 5.32 Å². The summed E-state index contributed by atoms with van der Waals surface area (Å²) in [6.45, 7) is 2.25. The van der Waals surface area contributed by atoms with Crippen molar-refractivity contribution in [2.45, 2.75) is 31.1 Å². The number of rotatable bonds is 1. The van der Waals surface area contributed by atoms with Gasteiger partial charge in [-0.05, 0) is 43.0 Å². The highest BCUT2D eigenvalue weighted by atomic mass is 35.5. The Bertz CT molecular complexity index is 432. The second kappa shape index (κ2) is 4.46. The molecular weight excluding hydrogens is 253 g/mol. The lowest BCUT2D eigenvalue weighted by Crippen LogP contribution is -2.37. The Morgan fingerprint density at radius 2 is 2.06 bits per heavy atom. The molecular formula is C14H17Cl2N. The van der Waals surface area contributed by atoms with Gasteiger partial charge in [0.05, 0.1) is 10.0 Å². The smallest absolute Gasteiger partial charge is 0.0595 e. The summed E-state index contributed by atoms with van der Waals surface area (Å²) in [4.78, 5) is 0. The highest BCUT2D eigenvalue weighted by molar-refractivity contribution is 6.42. The fourth-order valence-electron chi connectivity index (χ4n) is 3.60. The maximum absolute atomic E-state index is 6.17. The lowest BCUT2D eigenvalue weighted by atomic mass is 9.64. The first kappa shape index (κ1) is 11.8. The molecule has 1 N–H and O–H groups in total. The van der Waals surface area contributed by atoms with Crippen LogP contribution in [0.4, 0.5) is 0 Å². The molecule has 0 bridgehead atoms. The summed E-state index contributed by atoms with van der Waals surface area (Å²) in [7, 11) is 0. The minimum absolute atomic E-state index is 0.312. The SMILES string of the molecule is Clc1ccc(C23CCCC[C@H]2CNC3)cc1Cl. The molecule has 1 saturated carbocycles. The summed E-state index contributed by atoms with van der Waals surface area (Å²) in [5, 5.41) is 4.91. The molecule has 3 rings (SSSR count). The summed E-state index contributed by atoms with van der Waals surface area (Å²) < 4.78 is 0. The Balaban J connectivity index is 2.02. The molecule has 1 aliphatic carbocycles. The van der Waals surface area contributed by atoms with Crippen molar-refractivity contribution in [1.82, 2.24) is 5.32 Å². The Morgan fingerprint density at radius 3 is 2.88 bits per heavy atom. The van der Waals surface area contributed by atoms with E-state index < -0.39 is 0 Å². The molecule has 1 heterocycles. The summed E-state index contributed by atoms with van der Waals surface area (Å²) in [6.07, 6.45) is 5.32. The van der Waals surface area contributed by atoms with Gasteiger partial charge in [-0.3, -0.25) is 0 Å². The first-order valence-electron chi connectivity index (χ1n) is 6.39. The Morgan fingerprint density at radius 1 is 1.18 bits per heavy atom. The normalized spacial score (nSPS) is 32.5. The number of hydrogen-bond donors (Lipinski definition) is 1. The van der Waals surface area contributed by atoms with Crippen LogP contribution in [0.2, 0.25) is 10.0 Å². The van der Waals surface area contributed by atoms with Crippen LogP contribution >= 0.6 is 23.2 Å². The standard InChI is InChI=1S/C14H17Cl2N/c15-12-5-4-10(7-13(12)16)14-6-2-1-3-11(14)8-17-9-14/h4-5,7,11,17H,1-3,6,8-9H2/t11-,14?/m0/s1. The van der Waals surface area contributed by atoms with Crippen molar-refractivity contribution in [3.63, 3.8) is 0 Å². The zero-order chi connectivity index (χ0) is 11.9. The van der Waals surface area contributed by atoms with Gasteiger partial charge in [0, 0.05) is 12.0 Å². The lowest BCUT2D eigenvalue weighted by molar-refractivity contribution is 0.243. The van der Waals surface area contributed by atoms with E-state index in [9.17, 15) is 0 Å². The molecule has 0 radical (unpaired) electrons. The van der Waals surface area contributed by atoms with Gasteiger partial charge >= 0.3 is 0 Å². The van der Waals surface area contributed by atoms with E-state index in [4.69, 9.17) is 23.2 Å². The van der Waals surface area contributed by atoms with Crippen LogP contribution in [0.1, 0.15) is 31.2 Å². The van der Waals surface area contributed by atoms with Crippen LogP contribution in [-0.2, 0) is 5.41 Å². The fourth-order valence-corrected chi connectivity index (χ4v) is 3.90. The number of nitrogens with one attached hydrogen (secondary N) is 1. The highest BCUT2D eigenvalue weighted by Gasteiger charge is 2.45. The van der Waals surface area contributed by atoms with E-state index in [0.29, 0.717) is 15.5 Å². The van der Waals surface area contributed by atoms with Crippen molar-refractivity contribution >= 4 is 23.2 Å². The van der Waals surface area contributed by atoms with E-state index in [1.807, 2.05) is 6.07 Å². The van der Waals surface area contributed by atoms with Gasteiger partial charge in [0.15, 0.2) is 0 Å². The first-order chi connectivity index (χ1) is 8.22. The van der Waals surface area contributed by atoms with E-state index in [1.165, 1.54) is 31.2 Å². The van der Waals surface area contributed by atoms with E-state index in [1.54, 1.807) is 0 Å². The molecule has 0 spiro atoms. The zero-order valence-corrected chi connectivity index (χ0v) is 11.3. The summed E-state index contributed by atoms with van der Waals surface area (Å²) >= 11 is 12.2. The van der Waals surface area contributed by atoms with Crippen molar-refractivity contribution in [3.8, 4) is 0 Å². The number of benzene rings is 1. The molecule has 1 aromatic rings. The van der Waals surface area contributed by atoms with Crippen molar-refractivity contribution in [2.24, 2.45) is 5.92 Å². The molecule has 1 aliphatic heterocycles. The Hall–Kier alpha value is -0.240. The molecule has 1 saturated heterocycles. The van der Waals surface area contributed by atoms with Crippen LogP contribution in [0.5, 0.6) is 0 Å². The van der Waals surface area contributed by atoms with Gasteiger partial charge in [-0.25, -0.2) is 0 Å². The monoisotopic (exact) mass is 269 g/mol. The van der Waals surface area contributed by atoms with Crippen molar-refractivity contribution in [3.05, 3.63) is 33.8 Å². The second-order valence-corrected chi connectivity index (χ2v) is 6.17. The third-order valence-corrected chi connectivity index (χ3v) is 5.27. The van der Waals surface area contributed by atoms with Crippen LogP contribution in [-0.4, -0.2) is 13.1 Å². The average Bonchev–Trinajstić information content (AvgIpc) is 2.77. The number of halogens is 2. The molecule has 2 aliphatic rings. The summed E-state index contributed by atoms with van der Waals surface area (Å²) in [5.41, 5.74) is 1.69. The Kier molecular flexibility index (Phi) is 3.10. The molecule has 1 unspecified atom stereocenters. The summed E-state index contributed by atoms with van der Waals surface area (Å²) in [6, 6.07) is 6.19. The maximum Gasteiger partial charge on any atom is 0.0595 e. The van der Waals surface area contributed by atoms with Gasteiger partial charge in [-0.15, -0.1) is 0 Å². The number of hydrogen-bond acceptors (Lipinski definition) is 1. The predicted octanol–water partition coefficient (Wildman–Crippen LogP) is 4.02. The molecule has 2 atom stereocenters. The molecule has 1 aromatic carbocycles. The van der Waals surface area contributed by atoms with Crippen LogP contribution in [0.3, 0.4) is 0 Å². The lowest BCUT2D eigenvalue weighted by Gasteiger charge is -2.39. The van der Waals surface area contributed by atoms with Crippen LogP contribution < -0.4 is 5.32 Å². The minimum atomic E-state index is 0.312. The molecule has 92 valence electrons. The molecule has 2 fully saturated rings. The van der Waals surface area contributed by atoms with Gasteiger partial charge in [0.2, 0.25) is 0 Å². The maximum atomic E-state index is 6.17. The molecule has 17 heavy (non-hydrogen) atoms. The van der Waals surface area contributed by atoms with Gasteiger partial charge in [-0.1, -0.05) is 42.1 Å².